The van der Waals surface area contributed by atoms with Crippen molar-refractivity contribution in [2.75, 3.05) is 11.9 Å². The van der Waals surface area contributed by atoms with E-state index < -0.39 is 21.8 Å². The second-order valence-corrected chi connectivity index (χ2v) is 8.41. The fourth-order valence-corrected chi connectivity index (χ4v) is 3.43. The zero-order chi connectivity index (χ0) is 22.8. The van der Waals surface area contributed by atoms with Gasteiger partial charge in [0.15, 0.2) is 0 Å². The van der Waals surface area contributed by atoms with Gasteiger partial charge in [0.05, 0.1) is 34.5 Å². The lowest BCUT2D eigenvalue weighted by Gasteiger charge is -2.20. The number of nitrogens with zero attached hydrogens (tertiary/aromatic N) is 3. The lowest BCUT2D eigenvalue weighted by atomic mass is 10.1. The molecule has 0 aliphatic carbocycles. The van der Waals surface area contributed by atoms with Crippen molar-refractivity contribution in [3.05, 3.63) is 77.1 Å². The molecule has 6 nitrogen and oxygen atoms in total. The number of primary sulfonamides is 1. The monoisotopic (exact) mass is 448 g/mol. The third-order valence-corrected chi connectivity index (χ3v) is 5.50. The Hall–Kier alpha value is -3.29. The molecular weight excluding hydrogens is 429 g/mol. The van der Waals surface area contributed by atoms with Gasteiger partial charge in [0.1, 0.15) is 0 Å². The van der Waals surface area contributed by atoms with Gasteiger partial charge in [0.2, 0.25) is 10.0 Å². The van der Waals surface area contributed by atoms with Crippen molar-refractivity contribution in [3.63, 3.8) is 0 Å². The summed E-state index contributed by atoms with van der Waals surface area (Å²) in [7, 11) is -0.341. The van der Waals surface area contributed by atoms with Crippen LogP contribution < -0.4 is 10.0 Å². The van der Waals surface area contributed by atoms with Crippen LogP contribution >= 0.6 is 0 Å². The standard InChI is InChI=1S/C21H19F3N4O2S/c1-27(18-10-8-17(9-11-18)21(22,23)24)14-20-16(13-26-28(20)2)7-6-15-4-3-5-19(12-15)31(25,29)30/h3-5,8-13H,14H2,1-2H3,(H2,25,29,30). The number of nitrogens with two attached hydrogens (primary N) is 1. The van der Waals surface area contributed by atoms with E-state index >= 15 is 0 Å². The van der Waals surface area contributed by atoms with Crippen LogP contribution in [0.3, 0.4) is 0 Å². The average Bonchev–Trinajstić information content (AvgIpc) is 3.05. The largest absolute Gasteiger partial charge is 0.416 e. The van der Waals surface area contributed by atoms with E-state index in [-0.39, 0.29) is 4.90 Å². The Labute approximate surface area is 178 Å². The number of alkyl halides is 3. The molecule has 1 heterocycles. The summed E-state index contributed by atoms with van der Waals surface area (Å²) in [6, 6.07) is 10.9. The van der Waals surface area contributed by atoms with Crippen LogP contribution in [0.15, 0.2) is 59.6 Å². The fourth-order valence-electron chi connectivity index (χ4n) is 2.87. The second-order valence-electron chi connectivity index (χ2n) is 6.85. The number of anilines is 1. The van der Waals surface area contributed by atoms with Gasteiger partial charge in [0.25, 0.3) is 0 Å². The zero-order valence-corrected chi connectivity index (χ0v) is 17.5. The number of hydrogen-bond acceptors (Lipinski definition) is 4. The molecule has 0 unspecified atom stereocenters. The number of aromatic nitrogens is 2. The topological polar surface area (TPSA) is 81.2 Å². The van der Waals surface area contributed by atoms with E-state index in [1.807, 2.05) is 0 Å². The molecule has 0 saturated heterocycles. The molecule has 0 fully saturated rings. The van der Waals surface area contributed by atoms with Crippen LogP contribution in [0.2, 0.25) is 0 Å². The van der Waals surface area contributed by atoms with E-state index in [2.05, 4.69) is 16.9 Å². The van der Waals surface area contributed by atoms with E-state index in [9.17, 15) is 21.6 Å². The van der Waals surface area contributed by atoms with Crippen molar-refractivity contribution < 1.29 is 21.6 Å². The highest BCUT2D eigenvalue weighted by molar-refractivity contribution is 7.89. The molecule has 0 radical (unpaired) electrons. The summed E-state index contributed by atoms with van der Waals surface area (Å²) in [5.41, 5.74) is 1.73. The zero-order valence-electron chi connectivity index (χ0n) is 16.7. The van der Waals surface area contributed by atoms with Crippen LogP contribution in [0.5, 0.6) is 0 Å². The van der Waals surface area contributed by atoms with Crippen LogP contribution in [-0.2, 0) is 29.8 Å². The highest BCUT2D eigenvalue weighted by atomic mass is 32.2. The average molecular weight is 448 g/mol. The van der Waals surface area contributed by atoms with Gasteiger partial charge < -0.3 is 4.90 Å². The minimum Gasteiger partial charge on any atom is -0.369 e. The number of sulfonamides is 1. The Bertz CT molecular complexity index is 1250. The molecule has 10 heteroatoms. The predicted octanol–water partition coefficient (Wildman–Crippen LogP) is 3.12. The van der Waals surface area contributed by atoms with E-state index in [0.29, 0.717) is 23.4 Å². The molecule has 0 amide bonds. The second kappa shape index (κ2) is 8.45. The van der Waals surface area contributed by atoms with Crippen molar-refractivity contribution in [1.29, 1.82) is 0 Å². The van der Waals surface area contributed by atoms with Gasteiger partial charge in [0, 0.05) is 25.3 Å². The van der Waals surface area contributed by atoms with Crippen LogP contribution in [0.25, 0.3) is 0 Å². The molecule has 3 rings (SSSR count). The van der Waals surface area contributed by atoms with Crippen molar-refractivity contribution >= 4 is 15.7 Å². The Kier molecular flexibility index (Phi) is 6.10. The van der Waals surface area contributed by atoms with Crippen molar-refractivity contribution in [2.24, 2.45) is 12.2 Å². The Morgan fingerprint density at radius 3 is 2.42 bits per heavy atom. The third-order valence-electron chi connectivity index (χ3n) is 4.59. The van der Waals surface area contributed by atoms with Crippen LogP contribution in [0.1, 0.15) is 22.4 Å². The first-order chi connectivity index (χ1) is 14.4. The number of hydrogen-bond donors (Lipinski definition) is 1. The smallest absolute Gasteiger partial charge is 0.369 e. The first-order valence-corrected chi connectivity index (χ1v) is 10.5. The maximum absolute atomic E-state index is 12.8. The lowest BCUT2D eigenvalue weighted by Crippen LogP contribution is -2.19. The van der Waals surface area contributed by atoms with Gasteiger partial charge >= 0.3 is 6.18 Å². The van der Waals surface area contributed by atoms with Gasteiger partial charge in [-0.15, -0.1) is 0 Å². The molecule has 0 atom stereocenters. The highest BCUT2D eigenvalue weighted by Crippen LogP contribution is 2.30. The minimum atomic E-state index is -4.39. The maximum Gasteiger partial charge on any atom is 0.416 e. The highest BCUT2D eigenvalue weighted by Gasteiger charge is 2.30. The number of aryl methyl sites for hydroxylation is 1. The SMILES string of the molecule is CN(Cc1c(C#Cc2cccc(S(N)(=O)=O)c2)cnn1C)c1ccc(C(F)(F)F)cc1. The molecule has 0 aliphatic rings. The van der Waals surface area contributed by atoms with Crippen LogP contribution in [0, 0.1) is 11.8 Å². The molecule has 3 aromatic rings. The number of rotatable bonds is 4. The molecule has 162 valence electrons. The van der Waals surface area contributed by atoms with Crippen molar-refractivity contribution in [2.45, 2.75) is 17.6 Å². The summed E-state index contributed by atoms with van der Waals surface area (Å²) in [5.74, 6) is 5.87. The normalized spacial score (nSPS) is 11.7. The fraction of sp³-hybridized carbons (Fsp3) is 0.190. The summed E-state index contributed by atoms with van der Waals surface area (Å²) in [5, 5.41) is 9.35. The third kappa shape index (κ3) is 5.45. The Morgan fingerprint density at radius 2 is 1.81 bits per heavy atom. The summed E-state index contributed by atoms with van der Waals surface area (Å²) in [6.07, 6.45) is -2.81. The van der Waals surface area contributed by atoms with Crippen LogP contribution in [0.4, 0.5) is 18.9 Å². The van der Waals surface area contributed by atoms with Gasteiger partial charge in [-0.2, -0.15) is 18.3 Å². The Morgan fingerprint density at radius 1 is 1.13 bits per heavy atom. The number of benzene rings is 2. The summed E-state index contributed by atoms with van der Waals surface area (Å²) in [6.45, 7) is 0.350. The first-order valence-electron chi connectivity index (χ1n) is 8.99. The Balaban J connectivity index is 1.83. The molecule has 0 spiro atoms. The molecule has 31 heavy (non-hydrogen) atoms. The molecule has 1 aromatic heterocycles. The van der Waals surface area contributed by atoms with Gasteiger partial charge in [-0.3, -0.25) is 4.68 Å². The quantitative estimate of drug-likeness (QED) is 0.622. The molecule has 2 N–H and O–H groups in total. The minimum absolute atomic E-state index is 0.0345. The van der Waals surface area contributed by atoms with E-state index in [1.165, 1.54) is 24.3 Å². The molecule has 0 bridgehead atoms. The maximum atomic E-state index is 12.8. The molecule has 0 saturated carbocycles. The van der Waals surface area contributed by atoms with Gasteiger partial charge in [-0.05, 0) is 42.5 Å². The summed E-state index contributed by atoms with van der Waals surface area (Å²) in [4.78, 5) is 1.75. The van der Waals surface area contributed by atoms with E-state index in [0.717, 1.165) is 17.8 Å². The van der Waals surface area contributed by atoms with Crippen LogP contribution in [-0.4, -0.2) is 25.2 Å². The van der Waals surface area contributed by atoms with Gasteiger partial charge in [-0.1, -0.05) is 17.9 Å². The molecular formula is C21H19F3N4O2S. The molecule has 0 aliphatic heterocycles. The number of halogens is 3. The van der Waals surface area contributed by atoms with E-state index in [1.54, 1.807) is 42.0 Å². The predicted molar refractivity (Wildman–Crippen MR) is 111 cm³/mol. The first kappa shape index (κ1) is 22.4. The molecule has 2 aromatic carbocycles. The summed E-state index contributed by atoms with van der Waals surface area (Å²) < 4.78 is 62.9. The van der Waals surface area contributed by atoms with Crippen molar-refractivity contribution in [3.8, 4) is 11.8 Å². The van der Waals surface area contributed by atoms with Crippen molar-refractivity contribution in [1.82, 2.24) is 9.78 Å². The van der Waals surface area contributed by atoms with E-state index in [4.69, 9.17) is 5.14 Å². The lowest BCUT2D eigenvalue weighted by molar-refractivity contribution is -0.137. The van der Waals surface area contributed by atoms with Gasteiger partial charge in [-0.25, -0.2) is 13.6 Å². The summed E-state index contributed by atoms with van der Waals surface area (Å²) >= 11 is 0.